The van der Waals surface area contributed by atoms with Gasteiger partial charge in [0.05, 0.1) is 24.2 Å². The molecule has 0 aromatic heterocycles. The molecular formula is C21H36N4O3S. The van der Waals surface area contributed by atoms with E-state index in [2.05, 4.69) is 53.4 Å². The average Bonchev–Trinajstić information content (AvgIpc) is 2.66. The van der Waals surface area contributed by atoms with Crippen LogP contribution < -0.4 is 10.6 Å². The molecule has 29 heavy (non-hydrogen) atoms. The zero-order valence-corrected chi connectivity index (χ0v) is 18.9. The van der Waals surface area contributed by atoms with E-state index in [1.807, 2.05) is 19.1 Å². The fourth-order valence-electron chi connectivity index (χ4n) is 3.14. The summed E-state index contributed by atoms with van der Waals surface area (Å²) in [5.41, 5.74) is 2.17. The summed E-state index contributed by atoms with van der Waals surface area (Å²) in [5, 5.41) is 16.9. The highest BCUT2D eigenvalue weighted by molar-refractivity contribution is 7.91. The van der Waals surface area contributed by atoms with E-state index in [-0.39, 0.29) is 23.5 Å². The van der Waals surface area contributed by atoms with Crippen LogP contribution in [0.4, 0.5) is 0 Å². The molecule has 7 nitrogen and oxygen atoms in total. The maximum absolute atomic E-state index is 11.5. The van der Waals surface area contributed by atoms with Gasteiger partial charge in [0.25, 0.3) is 0 Å². The second-order valence-corrected chi connectivity index (χ2v) is 10.8. The maximum atomic E-state index is 11.5. The molecule has 1 atom stereocenters. The Balaban J connectivity index is 1.84. The van der Waals surface area contributed by atoms with Crippen LogP contribution in [0.2, 0.25) is 0 Å². The number of hydrogen-bond acceptors (Lipinski definition) is 5. The molecular weight excluding hydrogens is 388 g/mol. The molecule has 8 heteroatoms. The third kappa shape index (κ3) is 7.95. The van der Waals surface area contributed by atoms with E-state index < -0.39 is 15.9 Å². The first-order valence-corrected chi connectivity index (χ1v) is 12.2. The summed E-state index contributed by atoms with van der Waals surface area (Å²) in [7, 11) is -2.85. The Morgan fingerprint density at radius 1 is 1.17 bits per heavy atom. The van der Waals surface area contributed by atoms with Crippen LogP contribution in [0.3, 0.4) is 0 Å². The van der Waals surface area contributed by atoms with Crippen LogP contribution in [-0.2, 0) is 15.3 Å². The largest absolute Gasteiger partial charge is 0.386 e. The van der Waals surface area contributed by atoms with Crippen molar-refractivity contribution in [1.82, 2.24) is 15.5 Å². The average molecular weight is 425 g/mol. The lowest BCUT2D eigenvalue weighted by molar-refractivity contribution is 0.187. The molecule has 1 saturated heterocycles. The smallest absolute Gasteiger partial charge is 0.191 e. The molecule has 0 spiro atoms. The summed E-state index contributed by atoms with van der Waals surface area (Å²) in [5.74, 6) is 1.13. The van der Waals surface area contributed by atoms with E-state index in [9.17, 15) is 13.5 Å². The van der Waals surface area contributed by atoms with E-state index in [0.717, 1.165) is 18.7 Å². The molecule has 1 aliphatic rings. The number of nitrogens with one attached hydrogen (secondary N) is 2. The number of nitrogens with zero attached hydrogens (tertiary/aromatic N) is 2. The Morgan fingerprint density at radius 2 is 1.79 bits per heavy atom. The lowest BCUT2D eigenvalue weighted by Gasteiger charge is -2.26. The van der Waals surface area contributed by atoms with E-state index in [1.54, 1.807) is 0 Å². The summed E-state index contributed by atoms with van der Waals surface area (Å²) in [6, 6.07) is 8.05. The first kappa shape index (κ1) is 23.6. The van der Waals surface area contributed by atoms with Crippen LogP contribution in [-0.4, -0.2) is 75.2 Å². The summed E-state index contributed by atoms with van der Waals surface area (Å²) in [4.78, 5) is 6.64. The standard InChI is InChI=1S/C21H36N4O3S/c1-5-22-20(23-10-11-25-12-14-29(27,28)15-13-25)24-16-19(26)17-6-8-18(9-7-17)21(2,3)4/h6-9,19,26H,5,10-16H2,1-4H3,(H2,22,23,24). The molecule has 164 valence electrons. The maximum Gasteiger partial charge on any atom is 0.191 e. The van der Waals surface area contributed by atoms with Crippen LogP contribution >= 0.6 is 0 Å². The number of aliphatic hydroxyl groups excluding tert-OH is 1. The van der Waals surface area contributed by atoms with Gasteiger partial charge in [0.2, 0.25) is 0 Å². The van der Waals surface area contributed by atoms with Crippen molar-refractivity contribution in [3.8, 4) is 0 Å². The molecule has 1 aromatic carbocycles. The number of guanidine groups is 1. The number of benzene rings is 1. The van der Waals surface area contributed by atoms with Gasteiger partial charge in [-0.2, -0.15) is 0 Å². The van der Waals surface area contributed by atoms with Crippen LogP contribution in [0.1, 0.15) is 44.9 Å². The molecule has 1 unspecified atom stereocenters. The normalized spacial score (nSPS) is 19.0. The molecule has 1 fully saturated rings. The van der Waals surface area contributed by atoms with Crippen molar-refractivity contribution in [3.05, 3.63) is 35.4 Å². The highest BCUT2D eigenvalue weighted by Gasteiger charge is 2.21. The van der Waals surface area contributed by atoms with Crippen molar-refractivity contribution < 1.29 is 13.5 Å². The van der Waals surface area contributed by atoms with Crippen molar-refractivity contribution in [3.63, 3.8) is 0 Å². The van der Waals surface area contributed by atoms with Crippen molar-refractivity contribution >= 4 is 15.8 Å². The second-order valence-electron chi connectivity index (χ2n) is 8.53. The van der Waals surface area contributed by atoms with E-state index >= 15 is 0 Å². The minimum atomic E-state index is -2.85. The number of aliphatic hydroxyl groups is 1. The van der Waals surface area contributed by atoms with Gasteiger partial charge in [0.15, 0.2) is 15.8 Å². The van der Waals surface area contributed by atoms with Crippen LogP contribution in [0, 0.1) is 0 Å². The Hall–Kier alpha value is -1.64. The Morgan fingerprint density at radius 3 is 2.34 bits per heavy atom. The lowest BCUT2D eigenvalue weighted by Crippen LogP contribution is -2.46. The third-order valence-electron chi connectivity index (χ3n) is 5.09. The van der Waals surface area contributed by atoms with Gasteiger partial charge in [0, 0.05) is 32.7 Å². The molecule has 1 aliphatic heterocycles. The number of aliphatic imine (C=N–C) groups is 1. The molecule has 1 heterocycles. The SMILES string of the molecule is CCNC(=NCC(O)c1ccc(C(C)(C)C)cc1)NCCN1CCS(=O)(=O)CC1. The zero-order valence-electron chi connectivity index (χ0n) is 18.1. The molecule has 1 aromatic rings. The number of sulfone groups is 1. The first-order valence-electron chi connectivity index (χ1n) is 10.3. The second kappa shape index (κ2) is 10.4. The Labute approximate surface area is 175 Å². The van der Waals surface area contributed by atoms with E-state index in [4.69, 9.17) is 0 Å². The molecule has 0 aliphatic carbocycles. The molecule has 0 saturated carbocycles. The Kier molecular flexibility index (Phi) is 8.48. The number of rotatable bonds is 7. The van der Waals surface area contributed by atoms with Crippen molar-refractivity contribution in [2.75, 3.05) is 50.8 Å². The third-order valence-corrected chi connectivity index (χ3v) is 6.69. The predicted molar refractivity (Wildman–Crippen MR) is 119 cm³/mol. The first-order chi connectivity index (χ1) is 13.6. The topological polar surface area (TPSA) is 94.0 Å². The van der Waals surface area contributed by atoms with Crippen molar-refractivity contribution in [1.29, 1.82) is 0 Å². The van der Waals surface area contributed by atoms with Crippen LogP contribution in [0.5, 0.6) is 0 Å². The molecule has 3 N–H and O–H groups in total. The quantitative estimate of drug-likeness (QED) is 0.451. The van der Waals surface area contributed by atoms with Gasteiger partial charge in [-0.05, 0) is 23.5 Å². The monoisotopic (exact) mass is 424 g/mol. The lowest BCUT2D eigenvalue weighted by atomic mass is 9.86. The highest BCUT2D eigenvalue weighted by atomic mass is 32.2. The summed E-state index contributed by atoms with van der Waals surface area (Å²) in [6.07, 6.45) is -0.660. The van der Waals surface area contributed by atoms with Gasteiger partial charge in [-0.3, -0.25) is 9.89 Å². The molecule has 2 rings (SSSR count). The molecule has 0 bridgehead atoms. The number of hydrogen-bond donors (Lipinski definition) is 3. The summed E-state index contributed by atoms with van der Waals surface area (Å²) >= 11 is 0. The van der Waals surface area contributed by atoms with Gasteiger partial charge < -0.3 is 15.7 Å². The van der Waals surface area contributed by atoms with E-state index in [1.165, 1.54) is 5.56 Å². The van der Waals surface area contributed by atoms with Crippen molar-refractivity contribution in [2.24, 2.45) is 4.99 Å². The molecule has 0 amide bonds. The fourth-order valence-corrected chi connectivity index (χ4v) is 4.41. The summed E-state index contributed by atoms with van der Waals surface area (Å²) < 4.78 is 23.0. The van der Waals surface area contributed by atoms with Crippen LogP contribution in [0.25, 0.3) is 0 Å². The van der Waals surface area contributed by atoms with Crippen LogP contribution in [0.15, 0.2) is 29.3 Å². The van der Waals surface area contributed by atoms with Gasteiger partial charge in [-0.15, -0.1) is 0 Å². The van der Waals surface area contributed by atoms with Gasteiger partial charge in [-0.25, -0.2) is 8.42 Å². The highest BCUT2D eigenvalue weighted by Crippen LogP contribution is 2.24. The van der Waals surface area contributed by atoms with Gasteiger partial charge in [0.1, 0.15) is 0 Å². The zero-order chi connectivity index (χ0) is 21.5. The fraction of sp³-hybridized carbons (Fsp3) is 0.667. The molecule has 0 radical (unpaired) electrons. The minimum Gasteiger partial charge on any atom is -0.386 e. The van der Waals surface area contributed by atoms with Crippen molar-refractivity contribution in [2.45, 2.75) is 39.2 Å². The van der Waals surface area contributed by atoms with E-state index in [0.29, 0.717) is 25.6 Å². The Bertz CT molecular complexity index is 756. The predicted octanol–water partition coefficient (Wildman–Crippen LogP) is 1.30. The van der Waals surface area contributed by atoms with Gasteiger partial charge >= 0.3 is 0 Å². The van der Waals surface area contributed by atoms with Gasteiger partial charge in [-0.1, -0.05) is 45.0 Å². The summed E-state index contributed by atoms with van der Waals surface area (Å²) in [6.45, 7) is 12.1. The minimum absolute atomic E-state index is 0.0856.